The highest BCUT2D eigenvalue weighted by Crippen LogP contribution is 2.19. The van der Waals surface area contributed by atoms with Gasteiger partial charge in [0.2, 0.25) is 0 Å². The van der Waals surface area contributed by atoms with Gasteiger partial charge in [-0.2, -0.15) is 0 Å². The maximum atomic E-state index is 12.0. The lowest BCUT2D eigenvalue weighted by Gasteiger charge is -2.19. The van der Waals surface area contributed by atoms with Crippen LogP contribution in [-0.2, 0) is 4.79 Å². The van der Waals surface area contributed by atoms with Gasteiger partial charge in [-0.3, -0.25) is 4.79 Å². The molecule has 4 nitrogen and oxygen atoms in total. The number of carbonyl (C=O) groups is 1. The van der Waals surface area contributed by atoms with Crippen molar-refractivity contribution in [3.63, 3.8) is 0 Å². The van der Waals surface area contributed by atoms with Crippen molar-refractivity contribution in [3.8, 4) is 5.75 Å². The molecule has 3 N–H and O–H groups in total. The molecule has 110 valence electrons. The summed E-state index contributed by atoms with van der Waals surface area (Å²) in [6, 6.07) is 7.33. The van der Waals surface area contributed by atoms with Gasteiger partial charge in [0.15, 0.2) is 6.10 Å². The number of hydrogen-bond donors (Lipinski definition) is 2. The minimum atomic E-state index is -0.593. The lowest BCUT2D eigenvalue weighted by molar-refractivity contribution is -0.127. The number of carbonyl (C=O) groups excluding carboxylic acids is 1. The average molecular weight is 294 g/mol. The molecule has 1 aromatic rings. The molecule has 0 aliphatic rings. The summed E-state index contributed by atoms with van der Waals surface area (Å²) < 4.78 is 5.67. The second-order valence-electron chi connectivity index (χ2n) is 4.82. The van der Waals surface area contributed by atoms with Crippen LogP contribution >= 0.6 is 12.2 Å². The Morgan fingerprint density at radius 1 is 1.40 bits per heavy atom. The predicted octanol–water partition coefficient (Wildman–Crippen LogP) is 2.39. The highest BCUT2D eigenvalue weighted by molar-refractivity contribution is 7.80. The summed E-state index contributed by atoms with van der Waals surface area (Å²) in [4.78, 5) is 12.3. The van der Waals surface area contributed by atoms with E-state index in [9.17, 15) is 4.79 Å². The van der Waals surface area contributed by atoms with Crippen LogP contribution in [0, 0.1) is 0 Å². The van der Waals surface area contributed by atoms with Gasteiger partial charge >= 0.3 is 0 Å². The Bertz CT molecular complexity index is 477. The summed E-state index contributed by atoms with van der Waals surface area (Å²) in [6.45, 7) is 5.78. The van der Waals surface area contributed by atoms with Crippen molar-refractivity contribution in [3.05, 3.63) is 29.8 Å². The van der Waals surface area contributed by atoms with Crippen LogP contribution in [0.2, 0.25) is 0 Å². The summed E-state index contributed by atoms with van der Waals surface area (Å²) in [5, 5.41) is 2.92. The number of benzene rings is 1. The third kappa shape index (κ3) is 4.81. The van der Waals surface area contributed by atoms with Crippen LogP contribution in [0.15, 0.2) is 24.3 Å². The predicted molar refractivity (Wildman–Crippen MR) is 84.9 cm³/mol. The normalized spacial score (nSPS) is 13.3. The van der Waals surface area contributed by atoms with Crippen LogP contribution in [0.1, 0.15) is 39.2 Å². The van der Waals surface area contributed by atoms with Crippen LogP contribution in [-0.4, -0.2) is 23.0 Å². The quantitative estimate of drug-likeness (QED) is 0.758. The number of nitrogens with two attached hydrogens (primary N) is 1. The molecule has 1 aromatic carbocycles. The van der Waals surface area contributed by atoms with E-state index in [1.165, 1.54) is 0 Å². The highest BCUT2D eigenvalue weighted by atomic mass is 32.1. The van der Waals surface area contributed by atoms with Crippen molar-refractivity contribution >= 4 is 23.1 Å². The zero-order valence-corrected chi connectivity index (χ0v) is 13.0. The molecule has 0 radical (unpaired) electrons. The number of para-hydroxylation sites is 1. The van der Waals surface area contributed by atoms with Crippen LogP contribution in [0.25, 0.3) is 0 Å². The fourth-order valence-corrected chi connectivity index (χ4v) is 2.05. The third-order valence-corrected chi connectivity index (χ3v) is 3.16. The molecule has 20 heavy (non-hydrogen) atoms. The Morgan fingerprint density at radius 2 is 2.05 bits per heavy atom. The second-order valence-corrected chi connectivity index (χ2v) is 5.26. The van der Waals surface area contributed by atoms with E-state index in [0.29, 0.717) is 11.3 Å². The molecule has 0 saturated heterocycles. The minimum Gasteiger partial charge on any atom is -0.480 e. The smallest absolute Gasteiger partial charge is 0.260 e. The Labute approximate surface area is 125 Å². The van der Waals surface area contributed by atoms with Gasteiger partial charge in [-0.1, -0.05) is 37.7 Å². The molecule has 0 aliphatic carbocycles. The molecule has 0 heterocycles. The fourth-order valence-electron chi connectivity index (χ4n) is 1.88. The van der Waals surface area contributed by atoms with Crippen LogP contribution in [0.4, 0.5) is 0 Å². The topological polar surface area (TPSA) is 64.3 Å². The van der Waals surface area contributed by atoms with E-state index in [1.54, 1.807) is 19.1 Å². The molecule has 1 amide bonds. The summed E-state index contributed by atoms with van der Waals surface area (Å²) in [5.41, 5.74) is 6.28. The maximum absolute atomic E-state index is 12.0. The van der Waals surface area contributed by atoms with Crippen molar-refractivity contribution in [1.82, 2.24) is 5.32 Å². The van der Waals surface area contributed by atoms with Gasteiger partial charge in [0, 0.05) is 6.04 Å². The Morgan fingerprint density at radius 3 is 2.65 bits per heavy atom. The van der Waals surface area contributed by atoms with Crippen molar-refractivity contribution < 1.29 is 9.53 Å². The van der Waals surface area contributed by atoms with Gasteiger partial charge < -0.3 is 15.8 Å². The molecule has 0 bridgehead atoms. The van der Waals surface area contributed by atoms with E-state index in [-0.39, 0.29) is 16.9 Å². The Balaban J connectivity index is 2.68. The van der Waals surface area contributed by atoms with E-state index in [0.717, 1.165) is 12.8 Å². The fraction of sp³-hybridized carbons (Fsp3) is 0.467. The second kappa shape index (κ2) is 7.85. The lowest BCUT2D eigenvalue weighted by Crippen LogP contribution is -2.41. The molecule has 0 aromatic heterocycles. The molecule has 1 rings (SSSR count). The van der Waals surface area contributed by atoms with Gasteiger partial charge in [-0.15, -0.1) is 0 Å². The van der Waals surface area contributed by atoms with E-state index in [4.69, 9.17) is 22.7 Å². The summed E-state index contributed by atoms with van der Waals surface area (Å²) >= 11 is 4.97. The number of ether oxygens (including phenoxy) is 1. The zero-order chi connectivity index (χ0) is 15.1. The summed E-state index contributed by atoms with van der Waals surface area (Å²) in [6.07, 6.45) is 1.38. The van der Waals surface area contributed by atoms with Crippen molar-refractivity contribution in [2.45, 2.75) is 45.8 Å². The van der Waals surface area contributed by atoms with Crippen LogP contribution in [0.3, 0.4) is 0 Å². The van der Waals surface area contributed by atoms with Gasteiger partial charge in [0.25, 0.3) is 5.91 Å². The summed E-state index contributed by atoms with van der Waals surface area (Å²) in [7, 11) is 0. The maximum Gasteiger partial charge on any atom is 0.260 e. The average Bonchev–Trinajstić information content (AvgIpc) is 2.39. The van der Waals surface area contributed by atoms with Crippen molar-refractivity contribution in [2.75, 3.05) is 0 Å². The van der Waals surface area contributed by atoms with Crippen molar-refractivity contribution in [1.29, 1.82) is 0 Å². The molecular weight excluding hydrogens is 272 g/mol. The summed E-state index contributed by atoms with van der Waals surface area (Å²) in [5.74, 6) is 0.398. The van der Waals surface area contributed by atoms with Crippen molar-refractivity contribution in [2.24, 2.45) is 5.73 Å². The molecule has 2 unspecified atom stereocenters. The molecule has 0 fully saturated rings. The monoisotopic (exact) mass is 294 g/mol. The number of rotatable bonds is 7. The molecule has 2 atom stereocenters. The minimum absolute atomic E-state index is 0.135. The van der Waals surface area contributed by atoms with Gasteiger partial charge in [0.05, 0.1) is 5.56 Å². The Hall–Kier alpha value is -1.62. The van der Waals surface area contributed by atoms with Crippen LogP contribution in [0.5, 0.6) is 5.75 Å². The number of nitrogens with one attached hydrogen (secondary N) is 1. The van der Waals surface area contributed by atoms with E-state index >= 15 is 0 Å². The zero-order valence-electron chi connectivity index (χ0n) is 12.2. The van der Waals surface area contributed by atoms with E-state index in [2.05, 4.69) is 12.2 Å². The van der Waals surface area contributed by atoms with E-state index < -0.39 is 6.10 Å². The van der Waals surface area contributed by atoms with E-state index in [1.807, 2.05) is 19.1 Å². The van der Waals surface area contributed by atoms with Gasteiger partial charge in [0.1, 0.15) is 10.7 Å². The lowest BCUT2D eigenvalue weighted by atomic mass is 10.2. The molecule has 5 heteroatoms. The third-order valence-electron chi connectivity index (χ3n) is 2.94. The highest BCUT2D eigenvalue weighted by Gasteiger charge is 2.18. The first-order valence-electron chi connectivity index (χ1n) is 6.81. The van der Waals surface area contributed by atoms with Crippen LogP contribution < -0.4 is 15.8 Å². The molecule has 0 aliphatic heterocycles. The molecule has 0 saturated carbocycles. The standard InChI is InChI=1S/C15H22N2O2S/c1-4-7-10(2)17-15(18)11(3)19-13-9-6-5-8-12(13)14(16)20/h5-6,8-11H,4,7H2,1-3H3,(H2,16,20)(H,17,18). The largest absolute Gasteiger partial charge is 0.480 e. The van der Waals surface area contributed by atoms with Gasteiger partial charge in [-0.25, -0.2) is 0 Å². The number of amides is 1. The van der Waals surface area contributed by atoms with Gasteiger partial charge in [-0.05, 0) is 32.4 Å². The first-order chi connectivity index (χ1) is 9.45. The first-order valence-corrected chi connectivity index (χ1v) is 7.22. The number of thiocarbonyl (C=S) groups is 1. The molecular formula is C15H22N2O2S. The molecule has 0 spiro atoms. The number of hydrogen-bond acceptors (Lipinski definition) is 3. The Kier molecular flexibility index (Phi) is 6.45. The first kappa shape index (κ1) is 16.4. The SMILES string of the molecule is CCCC(C)NC(=O)C(C)Oc1ccccc1C(N)=S.